The Labute approximate surface area is 134 Å². The van der Waals surface area contributed by atoms with Crippen LogP contribution in [0.2, 0.25) is 0 Å². The molecule has 1 rings (SSSR count). The van der Waals surface area contributed by atoms with Crippen molar-refractivity contribution in [2.75, 3.05) is 6.61 Å². The molecule has 11 heteroatoms. The van der Waals surface area contributed by atoms with Crippen LogP contribution in [0.4, 0.5) is 26.3 Å². The molecule has 0 fully saturated rings. The Morgan fingerprint density at radius 3 is 1.79 bits per heavy atom. The highest BCUT2D eigenvalue weighted by Crippen LogP contribution is 2.35. The predicted molar refractivity (Wildman–Crippen MR) is 72.5 cm³/mol. The number of hydrogen-bond acceptors (Lipinski definition) is 3. The minimum atomic E-state index is -4.94. The Kier molecular flexibility index (Phi) is 6.65. The Balaban J connectivity index is 3.05. The Morgan fingerprint density at radius 2 is 1.42 bits per heavy atom. The zero-order chi connectivity index (χ0) is 18.6. The van der Waals surface area contributed by atoms with Gasteiger partial charge in [0.25, 0.3) is 0 Å². The summed E-state index contributed by atoms with van der Waals surface area (Å²) in [5, 5.41) is 9.14. The van der Waals surface area contributed by atoms with Gasteiger partial charge in [0.2, 0.25) is 10.0 Å². The van der Waals surface area contributed by atoms with Crippen molar-refractivity contribution in [3.8, 4) is 0 Å². The number of nitrogens with one attached hydrogen (secondary N) is 1. The fourth-order valence-electron chi connectivity index (χ4n) is 2.10. The average Bonchev–Trinajstić information content (AvgIpc) is 2.42. The van der Waals surface area contributed by atoms with Crippen LogP contribution in [0.5, 0.6) is 0 Å². The molecule has 0 heterocycles. The van der Waals surface area contributed by atoms with Crippen LogP contribution < -0.4 is 4.72 Å². The topological polar surface area (TPSA) is 66.4 Å². The van der Waals surface area contributed by atoms with E-state index in [9.17, 15) is 34.8 Å². The molecule has 0 aliphatic carbocycles. The number of hydrogen-bond donors (Lipinski definition) is 2. The number of sulfonamides is 1. The van der Waals surface area contributed by atoms with Crippen LogP contribution in [-0.4, -0.2) is 38.5 Å². The van der Waals surface area contributed by atoms with Gasteiger partial charge in [-0.3, -0.25) is 0 Å². The van der Waals surface area contributed by atoms with E-state index in [0.717, 1.165) is 12.1 Å². The first-order valence-electron chi connectivity index (χ1n) is 6.66. The van der Waals surface area contributed by atoms with Crippen molar-refractivity contribution in [1.82, 2.24) is 4.72 Å². The fourth-order valence-corrected chi connectivity index (χ4v) is 3.42. The molecule has 0 aliphatic rings. The quantitative estimate of drug-likeness (QED) is 0.716. The van der Waals surface area contributed by atoms with Gasteiger partial charge in [-0.05, 0) is 18.1 Å². The van der Waals surface area contributed by atoms with Crippen molar-refractivity contribution in [2.24, 2.45) is 5.92 Å². The van der Waals surface area contributed by atoms with Gasteiger partial charge in [0.15, 0.2) is 0 Å². The van der Waals surface area contributed by atoms with E-state index in [0.29, 0.717) is 0 Å². The lowest BCUT2D eigenvalue weighted by Crippen LogP contribution is -2.45. The molecular weight excluding hydrogens is 364 g/mol. The van der Waals surface area contributed by atoms with Gasteiger partial charge in [-0.25, -0.2) is 13.1 Å². The smallest absolute Gasteiger partial charge is 0.389 e. The van der Waals surface area contributed by atoms with E-state index >= 15 is 0 Å². The molecule has 0 spiro atoms. The number of rotatable bonds is 7. The monoisotopic (exact) mass is 379 g/mol. The summed E-state index contributed by atoms with van der Waals surface area (Å²) in [6.45, 7) is -1.21. The van der Waals surface area contributed by atoms with Gasteiger partial charge in [0, 0.05) is 18.9 Å². The Bertz CT molecular complexity index is 599. The molecule has 1 atom stereocenters. The van der Waals surface area contributed by atoms with Crippen molar-refractivity contribution in [2.45, 2.75) is 36.1 Å². The lowest BCUT2D eigenvalue weighted by atomic mass is 9.93. The maximum Gasteiger partial charge on any atom is 0.389 e. The highest BCUT2D eigenvalue weighted by atomic mass is 32.2. The van der Waals surface area contributed by atoms with Gasteiger partial charge in [0.05, 0.1) is 11.5 Å². The SMILES string of the molecule is O=S(=O)(N[C@H](CO)C(CC(F)(F)F)CC(F)(F)F)c1ccccc1. The van der Waals surface area contributed by atoms with E-state index in [2.05, 4.69) is 0 Å². The molecule has 0 amide bonds. The first-order valence-corrected chi connectivity index (χ1v) is 8.14. The Hall–Kier alpha value is -1.33. The minimum Gasteiger partial charge on any atom is -0.395 e. The van der Waals surface area contributed by atoms with Crippen molar-refractivity contribution in [3.05, 3.63) is 30.3 Å². The third kappa shape index (κ3) is 7.05. The number of benzene rings is 1. The van der Waals surface area contributed by atoms with Crippen molar-refractivity contribution in [1.29, 1.82) is 0 Å². The van der Waals surface area contributed by atoms with Crippen molar-refractivity contribution >= 4 is 10.0 Å². The molecule has 0 saturated heterocycles. The summed E-state index contributed by atoms with van der Waals surface area (Å²) in [6, 6.07) is 4.48. The molecule has 0 aliphatic heterocycles. The fraction of sp³-hybridized carbons (Fsp3) is 0.538. The van der Waals surface area contributed by atoms with Gasteiger partial charge in [-0.1, -0.05) is 18.2 Å². The molecule has 0 unspecified atom stereocenters. The summed E-state index contributed by atoms with van der Waals surface area (Å²) < 4.78 is 101. The molecular formula is C13H15F6NO3S. The molecule has 2 N–H and O–H groups in total. The lowest BCUT2D eigenvalue weighted by Gasteiger charge is -2.28. The zero-order valence-corrected chi connectivity index (χ0v) is 12.9. The molecule has 0 saturated carbocycles. The standard InChI is InChI=1S/C13H15F6NO3S/c14-12(15,16)6-9(7-13(17,18)19)11(8-21)20-24(22,23)10-4-2-1-3-5-10/h1-5,9,11,20-21H,6-8H2/t11-/m1/s1. The van der Waals surface area contributed by atoms with Crippen LogP contribution in [0.3, 0.4) is 0 Å². The number of aliphatic hydroxyl groups excluding tert-OH is 1. The second-order valence-electron chi connectivity index (χ2n) is 5.12. The maximum atomic E-state index is 12.5. The van der Waals surface area contributed by atoms with Crippen molar-refractivity contribution in [3.63, 3.8) is 0 Å². The molecule has 1 aromatic rings. The first-order chi connectivity index (χ1) is 10.8. The highest BCUT2D eigenvalue weighted by molar-refractivity contribution is 7.89. The van der Waals surface area contributed by atoms with E-state index in [1.807, 2.05) is 0 Å². The van der Waals surface area contributed by atoms with Gasteiger partial charge >= 0.3 is 12.4 Å². The average molecular weight is 379 g/mol. The maximum absolute atomic E-state index is 12.5. The third-order valence-corrected chi connectivity index (χ3v) is 4.62. The zero-order valence-electron chi connectivity index (χ0n) is 12.1. The van der Waals surface area contributed by atoms with Crippen LogP contribution in [0.25, 0.3) is 0 Å². The van der Waals surface area contributed by atoms with E-state index in [4.69, 9.17) is 5.11 Å². The van der Waals surface area contributed by atoms with Crippen LogP contribution in [0.15, 0.2) is 35.2 Å². The van der Waals surface area contributed by atoms with Gasteiger partial charge in [-0.2, -0.15) is 26.3 Å². The highest BCUT2D eigenvalue weighted by Gasteiger charge is 2.43. The number of alkyl halides is 6. The summed E-state index contributed by atoms with van der Waals surface area (Å²) in [4.78, 5) is -0.332. The number of aliphatic hydroxyl groups is 1. The summed E-state index contributed by atoms with van der Waals surface area (Å²) in [6.07, 6.45) is -13.6. The molecule has 0 radical (unpaired) electrons. The summed E-state index contributed by atoms with van der Waals surface area (Å²) >= 11 is 0. The van der Waals surface area contributed by atoms with Crippen molar-refractivity contribution < 1.29 is 39.9 Å². The number of halogens is 6. The van der Waals surface area contributed by atoms with Gasteiger partial charge in [-0.15, -0.1) is 0 Å². The normalized spacial score (nSPS) is 14.8. The van der Waals surface area contributed by atoms with Gasteiger partial charge < -0.3 is 5.11 Å². The lowest BCUT2D eigenvalue weighted by molar-refractivity contribution is -0.176. The molecule has 0 bridgehead atoms. The third-order valence-electron chi connectivity index (χ3n) is 3.11. The second kappa shape index (κ2) is 7.70. The summed E-state index contributed by atoms with van der Waals surface area (Å²) in [5.41, 5.74) is 0. The van der Waals surface area contributed by atoms with E-state index in [1.165, 1.54) is 18.2 Å². The molecule has 4 nitrogen and oxygen atoms in total. The van der Waals surface area contributed by atoms with Crippen LogP contribution in [-0.2, 0) is 10.0 Å². The van der Waals surface area contributed by atoms with Crippen LogP contribution in [0, 0.1) is 5.92 Å². The van der Waals surface area contributed by atoms with Crippen LogP contribution in [0.1, 0.15) is 12.8 Å². The van der Waals surface area contributed by atoms with E-state index < -0.39 is 53.8 Å². The second-order valence-corrected chi connectivity index (χ2v) is 6.84. The molecule has 0 aromatic heterocycles. The van der Waals surface area contributed by atoms with Crippen LogP contribution >= 0.6 is 0 Å². The largest absolute Gasteiger partial charge is 0.395 e. The molecule has 24 heavy (non-hydrogen) atoms. The van der Waals surface area contributed by atoms with Gasteiger partial charge in [0.1, 0.15) is 0 Å². The molecule has 1 aromatic carbocycles. The predicted octanol–water partition coefficient (Wildman–Crippen LogP) is 2.85. The summed E-state index contributed by atoms with van der Waals surface area (Å²) in [5.74, 6) is -2.19. The molecule has 138 valence electrons. The van der Waals surface area contributed by atoms with E-state index in [-0.39, 0.29) is 4.90 Å². The Morgan fingerprint density at radius 1 is 0.958 bits per heavy atom. The van der Waals surface area contributed by atoms with E-state index in [1.54, 1.807) is 4.72 Å². The summed E-state index contributed by atoms with van der Waals surface area (Å²) in [7, 11) is -4.37. The minimum absolute atomic E-state index is 0.332. The first kappa shape index (κ1) is 20.7.